The summed E-state index contributed by atoms with van der Waals surface area (Å²) >= 11 is 1.48. The first kappa shape index (κ1) is 18.5. The normalized spacial score (nSPS) is 20.1. The molecule has 2 aromatic heterocycles. The van der Waals surface area contributed by atoms with Crippen molar-refractivity contribution < 1.29 is 14.3 Å². The third-order valence-corrected chi connectivity index (χ3v) is 4.94. The van der Waals surface area contributed by atoms with E-state index in [0.717, 1.165) is 20.9 Å². The molecular formula is C16H20N4O5S. The van der Waals surface area contributed by atoms with E-state index in [1.54, 1.807) is 5.51 Å². The van der Waals surface area contributed by atoms with E-state index in [9.17, 15) is 14.4 Å². The monoisotopic (exact) mass is 380 g/mol. The van der Waals surface area contributed by atoms with Crippen molar-refractivity contribution in [3.8, 4) is 0 Å². The first-order valence-electron chi connectivity index (χ1n) is 8.11. The van der Waals surface area contributed by atoms with Crippen LogP contribution in [0.25, 0.3) is 0 Å². The number of amides is 1. The van der Waals surface area contributed by atoms with Gasteiger partial charge in [0.05, 0.1) is 30.5 Å². The highest BCUT2D eigenvalue weighted by molar-refractivity contribution is 7.07. The average molecular weight is 380 g/mol. The minimum Gasteiger partial charge on any atom is -0.379 e. The summed E-state index contributed by atoms with van der Waals surface area (Å²) in [6.07, 6.45) is 0.240. The van der Waals surface area contributed by atoms with Crippen molar-refractivity contribution in [1.29, 1.82) is 0 Å². The van der Waals surface area contributed by atoms with Crippen LogP contribution in [0.5, 0.6) is 0 Å². The Morgan fingerprint density at radius 3 is 2.96 bits per heavy atom. The molecule has 9 nitrogen and oxygen atoms in total. The van der Waals surface area contributed by atoms with Gasteiger partial charge in [0.15, 0.2) is 0 Å². The minimum absolute atomic E-state index is 0.0165. The zero-order valence-corrected chi connectivity index (χ0v) is 15.3. The molecule has 1 N–H and O–H groups in total. The van der Waals surface area contributed by atoms with Gasteiger partial charge >= 0.3 is 5.69 Å². The van der Waals surface area contributed by atoms with E-state index in [1.165, 1.54) is 25.4 Å². The second-order valence-corrected chi connectivity index (χ2v) is 6.76. The molecule has 1 fully saturated rings. The molecule has 3 heterocycles. The fourth-order valence-electron chi connectivity index (χ4n) is 2.74. The van der Waals surface area contributed by atoms with E-state index >= 15 is 0 Å². The van der Waals surface area contributed by atoms with Crippen molar-refractivity contribution in [2.45, 2.75) is 25.2 Å². The fraction of sp³-hybridized carbons (Fsp3) is 0.500. The summed E-state index contributed by atoms with van der Waals surface area (Å²) < 4.78 is 13.4. The first-order valence-corrected chi connectivity index (χ1v) is 9.06. The number of nitrogens with zero attached hydrogens (tertiary/aromatic N) is 3. The van der Waals surface area contributed by atoms with Gasteiger partial charge in [-0.15, -0.1) is 11.3 Å². The van der Waals surface area contributed by atoms with Gasteiger partial charge in [-0.2, -0.15) is 0 Å². The van der Waals surface area contributed by atoms with Gasteiger partial charge in [-0.1, -0.05) is 0 Å². The maximum Gasteiger partial charge on any atom is 0.331 e. The summed E-state index contributed by atoms with van der Waals surface area (Å²) in [5.74, 6) is -0.489. The molecule has 1 aliphatic rings. The van der Waals surface area contributed by atoms with E-state index in [4.69, 9.17) is 9.47 Å². The number of ether oxygens (including phenoxy) is 2. The minimum atomic E-state index is -0.550. The van der Waals surface area contributed by atoms with Gasteiger partial charge in [0, 0.05) is 32.1 Å². The van der Waals surface area contributed by atoms with Gasteiger partial charge in [-0.05, 0) is 6.42 Å². The molecule has 0 saturated carbocycles. The molecule has 2 aromatic rings. The van der Waals surface area contributed by atoms with Crippen LogP contribution in [0.1, 0.15) is 22.6 Å². The summed E-state index contributed by atoms with van der Waals surface area (Å²) in [6.45, 7) is 1.18. The third-order valence-electron chi connectivity index (χ3n) is 4.31. The van der Waals surface area contributed by atoms with Gasteiger partial charge in [0.25, 0.3) is 11.5 Å². The molecule has 0 aromatic carbocycles. The highest BCUT2D eigenvalue weighted by Gasteiger charge is 2.29. The summed E-state index contributed by atoms with van der Waals surface area (Å²) in [4.78, 5) is 40.6. The van der Waals surface area contributed by atoms with Crippen molar-refractivity contribution in [2.24, 2.45) is 14.1 Å². The van der Waals surface area contributed by atoms with Crippen LogP contribution in [0.2, 0.25) is 0 Å². The molecule has 10 heteroatoms. The smallest absolute Gasteiger partial charge is 0.331 e. The maximum absolute atomic E-state index is 12.6. The number of thiazole rings is 1. The zero-order valence-electron chi connectivity index (χ0n) is 14.5. The van der Waals surface area contributed by atoms with Crippen molar-refractivity contribution in [2.75, 3.05) is 13.2 Å². The topological polar surface area (TPSA) is 104 Å². The molecule has 0 radical (unpaired) electrons. The molecule has 1 amide bonds. The maximum atomic E-state index is 12.6. The molecule has 0 spiro atoms. The van der Waals surface area contributed by atoms with Crippen molar-refractivity contribution in [3.63, 3.8) is 0 Å². The van der Waals surface area contributed by atoms with Crippen LogP contribution < -0.4 is 16.6 Å². The number of carbonyl (C=O) groups is 1. The van der Waals surface area contributed by atoms with Crippen LogP contribution in [0.3, 0.4) is 0 Å². The summed E-state index contributed by atoms with van der Waals surface area (Å²) in [5, 5.41) is 4.76. The van der Waals surface area contributed by atoms with Gasteiger partial charge in [0.2, 0.25) is 0 Å². The number of nitrogens with one attached hydrogen (secondary N) is 1. The standard InChI is InChI=1S/C16H20N4O5S/c1-19-12(5-14(21)20(2)16(19)23)15(22)18-11-3-4-24-7-13(11)25-6-10-8-26-9-17-10/h5,8-9,11,13H,3-4,6-7H2,1-2H3,(H,18,22)/t11-,13-/m1/s1. The van der Waals surface area contributed by atoms with E-state index in [1.807, 2.05) is 5.38 Å². The summed E-state index contributed by atoms with van der Waals surface area (Å²) in [7, 11) is 2.82. The summed E-state index contributed by atoms with van der Waals surface area (Å²) in [6, 6.07) is 0.871. The largest absolute Gasteiger partial charge is 0.379 e. The lowest BCUT2D eigenvalue weighted by Gasteiger charge is -2.32. The van der Waals surface area contributed by atoms with E-state index in [2.05, 4.69) is 10.3 Å². The number of rotatable bonds is 5. The highest BCUT2D eigenvalue weighted by atomic mass is 32.1. The van der Waals surface area contributed by atoms with Crippen LogP contribution >= 0.6 is 11.3 Å². The predicted molar refractivity (Wildman–Crippen MR) is 94.3 cm³/mol. The number of hydrogen-bond donors (Lipinski definition) is 1. The average Bonchev–Trinajstić information content (AvgIpc) is 3.15. The zero-order chi connectivity index (χ0) is 18.7. The predicted octanol–water partition coefficient (Wildman–Crippen LogP) is -0.355. The van der Waals surface area contributed by atoms with Crippen LogP contribution in [0.15, 0.2) is 26.5 Å². The van der Waals surface area contributed by atoms with E-state index in [-0.39, 0.29) is 17.8 Å². The second kappa shape index (κ2) is 7.94. The Hall–Kier alpha value is -2.30. The van der Waals surface area contributed by atoms with Crippen LogP contribution in [0.4, 0.5) is 0 Å². The van der Waals surface area contributed by atoms with Gasteiger partial charge < -0.3 is 14.8 Å². The van der Waals surface area contributed by atoms with Crippen molar-refractivity contribution in [1.82, 2.24) is 19.4 Å². The Balaban J connectivity index is 1.72. The molecule has 1 aliphatic heterocycles. The summed E-state index contributed by atoms with van der Waals surface area (Å²) in [5.41, 5.74) is 1.49. The quantitative estimate of drug-likeness (QED) is 0.760. The number of hydrogen-bond acceptors (Lipinski definition) is 7. The lowest BCUT2D eigenvalue weighted by atomic mass is 10.1. The highest BCUT2D eigenvalue weighted by Crippen LogP contribution is 2.14. The van der Waals surface area contributed by atoms with Gasteiger partial charge in [-0.3, -0.25) is 18.7 Å². The Morgan fingerprint density at radius 2 is 2.23 bits per heavy atom. The molecule has 140 valence electrons. The Morgan fingerprint density at radius 1 is 1.42 bits per heavy atom. The Labute approximate surface area is 153 Å². The van der Waals surface area contributed by atoms with Crippen molar-refractivity contribution in [3.05, 3.63) is 49.2 Å². The second-order valence-electron chi connectivity index (χ2n) is 6.04. The number of carbonyl (C=O) groups excluding carboxylic acids is 1. The van der Waals surface area contributed by atoms with Crippen LogP contribution in [-0.2, 0) is 30.2 Å². The lowest BCUT2D eigenvalue weighted by molar-refractivity contribution is -0.0742. The van der Waals surface area contributed by atoms with Gasteiger partial charge in [-0.25, -0.2) is 9.78 Å². The van der Waals surface area contributed by atoms with Crippen molar-refractivity contribution >= 4 is 17.2 Å². The Kier molecular flexibility index (Phi) is 5.64. The lowest BCUT2D eigenvalue weighted by Crippen LogP contribution is -2.51. The number of aromatic nitrogens is 3. The first-order chi connectivity index (χ1) is 12.5. The molecule has 26 heavy (non-hydrogen) atoms. The third kappa shape index (κ3) is 3.92. The molecular weight excluding hydrogens is 360 g/mol. The molecule has 3 rings (SSSR count). The SMILES string of the molecule is Cn1c(C(=O)N[C@@H]2CCOC[C@H]2OCc2cscn2)cc(=O)n(C)c1=O. The molecule has 0 unspecified atom stereocenters. The Bertz CT molecular complexity index is 889. The molecule has 2 atom stereocenters. The van der Waals surface area contributed by atoms with Crippen LogP contribution in [-0.4, -0.2) is 45.4 Å². The van der Waals surface area contributed by atoms with Gasteiger partial charge in [0.1, 0.15) is 11.8 Å². The molecule has 0 aliphatic carbocycles. The fourth-order valence-corrected chi connectivity index (χ4v) is 3.28. The molecule has 0 bridgehead atoms. The van der Waals surface area contributed by atoms with E-state index < -0.39 is 17.2 Å². The van der Waals surface area contributed by atoms with Crippen LogP contribution in [0, 0.1) is 0 Å². The molecule has 1 saturated heterocycles. The van der Waals surface area contributed by atoms with E-state index in [0.29, 0.717) is 26.2 Å².